The van der Waals surface area contributed by atoms with Gasteiger partial charge in [-0.05, 0) is 137 Å². The molecule has 59 heavy (non-hydrogen) atoms. The number of aromatic nitrogens is 2. The second kappa shape index (κ2) is 22.6. The smallest absolute Gasteiger partial charge is 0.257 e. The van der Waals surface area contributed by atoms with Gasteiger partial charge in [0.1, 0.15) is 18.8 Å². The number of aliphatic hydroxyl groups is 1. The minimum atomic E-state index is -1.21. The molecule has 0 bridgehead atoms. The van der Waals surface area contributed by atoms with Gasteiger partial charge in [-0.2, -0.15) is 0 Å². The van der Waals surface area contributed by atoms with Gasteiger partial charge in [0.15, 0.2) is 29.5 Å². The zero-order valence-electron chi connectivity index (χ0n) is 33.7. The molecule has 0 unspecified atom stereocenters. The first-order valence-corrected chi connectivity index (χ1v) is 20.3. The van der Waals surface area contributed by atoms with Crippen LogP contribution < -0.4 is 24.7 Å². The van der Waals surface area contributed by atoms with Crippen LogP contribution in [-0.2, 0) is 17.9 Å². The lowest BCUT2D eigenvalue weighted by Gasteiger charge is -2.32. The van der Waals surface area contributed by atoms with E-state index in [1.807, 2.05) is 24.3 Å². The van der Waals surface area contributed by atoms with Crippen LogP contribution in [0.2, 0.25) is 0 Å². The normalized spacial score (nSPS) is 19.5. The number of nitrogens with two attached hydrogens (primary N) is 1. The van der Waals surface area contributed by atoms with Gasteiger partial charge in [0.05, 0.1) is 0 Å². The minimum Gasteiger partial charge on any atom is -0.484 e. The molecule has 2 aromatic heterocycles. The van der Waals surface area contributed by atoms with Crippen molar-refractivity contribution in [1.82, 2.24) is 19.8 Å². The van der Waals surface area contributed by atoms with Crippen LogP contribution in [-0.4, -0.2) is 82.2 Å². The van der Waals surface area contributed by atoms with Crippen molar-refractivity contribution in [3.8, 4) is 23.3 Å². The molecule has 6 heterocycles. The number of rotatable bonds is 11. The molecule has 4 aliphatic rings. The molecule has 2 saturated heterocycles. The molecule has 2 atom stereocenters. The Labute approximate surface area is 364 Å². The largest absolute Gasteiger partial charge is 0.484 e. The number of ketones is 1. The third-order valence-electron chi connectivity index (χ3n) is 11.5. The molecule has 4 aromatic rings. The molecular weight excluding hydrogens is 789 g/mol. The van der Waals surface area contributed by atoms with Crippen LogP contribution in [0.3, 0.4) is 0 Å². The summed E-state index contributed by atoms with van der Waals surface area (Å²) in [5.74, 6) is 3.77. The Bertz CT molecular complexity index is 1870. The van der Waals surface area contributed by atoms with Crippen LogP contribution >= 0.6 is 24.8 Å². The van der Waals surface area contributed by atoms with E-state index in [1.165, 1.54) is 24.0 Å². The summed E-state index contributed by atoms with van der Waals surface area (Å²) < 4.78 is 23.5. The maximum atomic E-state index is 11.9. The molecule has 13 heteroatoms. The molecule has 0 saturated carbocycles. The van der Waals surface area contributed by atoms with Gasteiger partial charge in [-0.1, -0.05) is 56.0 Å². The highest BCUT2D eigenvalue weighted by molar-refractivity contribution is 5.86. The number of ether oxygens (including phenoxy) is 4. The summed E-state index contributed by atoms with van der Waals surface area (Å²) in [4.78, 5) is 25.4. The lowest BCUT2D eigenvalue weighted by Crippen LogP contribution is -2.35. The quantitative estimate of drug-likeness (QED) is 0.151. The molecule has 0 spiro atoms. The second-order valence-electron chi connectivity index (χ2n) is 16.1. The topological polar surface area (TPSA) is 132 Å². The van der Waals surface area contributed by atoms with Crippen molar-refractivity contribution in [3.05, 3.63) is 107 Å². The van der Waals surface area contributed by atoms with E-state index < -0.39 is 5.60 Å². The Hall–Kier alpha value is -3.97. The Morgan fingerprint density at radius 3 is 1.56 bits per heavy atom. The first kappa shape index (κ1) is 47.7. The van der Waals surface area contributed by atoms with E-state index in [1.54, 1.807) is 26.2 Å². The molecule has 3 N–H and O–H groups in total. The number of Topliss-reactive ketones (excluding diaryl/α,β-unsaturated/α-hetero) is 1. The van der Waals surface area contributed by atoms with Gasteiger partial charge >= 0.3 is 0 Å². The number of likely N-dealkylation sites (tertiary alicyclic amines) is 2. The number of carbonyl (C=O) groups is 1. The number of hydrogen-bond donors (Lipinski definition) is 2. The monoisotopic (exact) mass is 853 g/mol. The second-order valence-corrected chi connectivity index (χ2v) is 16.1. The van der Waals surface area contributed by atoms with Gasteiger partial charge in [-0.15, -0.1) is 24.8 Å². The van der Waals surface area contributed by atoms with Crippen LogP contribution in [0.5, 0.6) is 23.3 Å². The third kappa shape index (κ3) is 13.3. The van der Waals surface area contributed by atoms with Crippen LogP contribution in [0.1, 0.15) is 95.7 Å². The number of carbonyl (C=O) groups excluding carboxylic acids is 1. The van der Waals surface area contributed by atoms with Crippen molar-refractivity contribution in [1.29, 1.82) is 0 Å². The first-order chi connectivity index (χ1) is 27.2. The average Bonchev–Trinajstić information content (AvgIpc) is 3.23. The summed E-state index contributed by atoms with van der Waals surface area (Å²) in [5, 5.41) is 9.79. The minimum absolute atomic E-state index is 0. The van der Waals surface area contributed by atoms with Crippen molar-refractivity contribution in [2.24, 2.45) is 17.6 Å². The summed E-state index contributed by atoms with van der Waals surface area (Å²) >= 11 is 0. The molecule has 4 aliphatic heterocycles. The fraction of sp³-hybridized carbons (Fsp3) is 0.500. The zero-order valence-corrected chi connectivity index (χ0v) is 35.3. The fourth-order valence-corrected chi connectivity index (χ4v) is 7.79. The van der Waals surface area contributed by atoms with E-state index in [2.05, 4.69) is 68.3 Å². The molecular formula is C46H65Cl2N5O6. The molecule has 324 valence electrons. The van der Waals surface area contributed by atoms with Crippen molar-refractivity contribution in [2.75, 3.05) is 45.9 Å². The molecule has 2 fully saturated rings. The van der Waals surface area contributed by atoms with E-state index in [0.29, 0.717) is 49.0 Å². The maximum absolute atomic E-state index is 11.9. The summed E-state index contributed by atoms with van der Waals surface area (Å²) in [5.41, 5.74) is 9.41. The SMILES string of the molecule is C.CC(C)(O)C(=O)CCC1CCN(Cc2ccc([C@H]3COc4cccnc4O3)cc2)CC1.Cl.Cl.NCC1CCN(Cc2ccc([C@H]3COc4cccnc4O3)cc2)CC1.[HH]. The number of nitrogens with zero attached hydrogens (tertiary/aromatic N) is 4. The number of piperidine rings is 2. The standard InChI is InChI=1S/C25H32N2O4.C20H25N3O2.CH4.2ClH.H2/c1-25(2,29)23(28)10-7-18-11-14-27(15-12-18)16-19-5-8-20(9-6-19)22-17-30-21-4-3-13-26-24(21)31-22;21-12-15-7-10-23(11-8-15)13-16-3-5-17(6-4-16)19-14-24-18-2-1-9-22-20(18)25-19;;;;/h3-6,8-9,13,18,22,29H,7,10-12,14-17H2,1-2H3;1-6,9,15,19H,7-8,10-14,21H2;1H4;3*1H/t22-;19-;;;;/m11..../s1. The van der Waals surface area contributed by atoms with Gasteiger partial charge in [0.2, 0.25) is 0 Å². The van der Waals surface area contributed by atoms with Crippen LogP contribution in [0, 0.1) is 11.8 Å². The van der Waals surface area contributed by atoms with E-state index >= 15 is 0 Å². The Morgan fingerprint density at radius 2 is 1.15 bits per heavy atom. The Balaban J connectivity index is 0.000000306. The number of pyridine rings is 2. The van der Waals surface area contributed by atoms with Crippen LogP contribution in [0.15, 0.2) is 85.2 Å². The summed E-state index contributed by atoms with van der Waals surface area (Å²) in [6.45, 7) is 11.3. The average molecular weight is 855 g/mol. The lowest BCUT2D eigenvalue weighted by atomic mass is 9.88. The van der Waals surface area contributed by atoms with Crippen molar-refractivity contribution in [2.45, 2.75) is 90.7 Å². The number of halogens is 2. The van der Waals surface area contributed by atoms with Crippen molar-refractivity contribution >= 4 is 30.6 Å². The molecule has 0 aliphatic carbocycles. The molecule has 11 nitrogen and oxygen atoms in total. The third-order valence-corrected chi connectivity index (χ3v) is 11.5. The summed E-state index contributed by atoms with van der Waals surface area (Å²) in [6.07, 6.45) is 9.20. The predicted octanol–water partition coefficient (Wildman–Crippen LogP) is 8.42. The lowest BCUT2D eigenvalue weighted by molar-refractivity contribution is -0.134. The van der Waals surface area contributed by atoms with Gasteiger partial charge in [-0.3, -0.25) is 14.6 Å². The first-order valence-electron chi connectivity index (χ1n) is 20.3. The van der Waals surface area contributed by atoms with Gasteiger partial charge in [-0.25, -0.2) is 9.97 Å². The number of fused-ring (bicyclic) bond motifs is 2. The Kier molecular flexibility index (Phi) is 18.3. The van der Waals surface area contributed by atoms with E-state index in [-0.39, 0.29) is 51.7 Å². The summed E-state index contributed by atoms with van der Waals surface area (Å²) in [6, 6.07) is 24.7. The number of benzene rings is 2. The highest BCUT2D eigenvalue weighted by Crippen LogP contribution is 2.35. The molecule has 0 amide bonds. The van der Waals surface area contributed by atoms with E-state index in [0.717, 1.165) is 82.0 Å². The number of hydrogen-bond acceptors (Lipinski definition) is 11. The highest BCUT2D eigenvalue weighted by atomic mass is 35.5. The van der Waals surface area contributed by atoms with Crippen LogP contribution in [0.4, 0.5) is 0 Å². The van der Waals surface area contributed by atoms with Crippen LogP contribution in [0.25, 0.3) is 0 Å². The Morgan fingerprint density at radius 1 is 0.729 bits per heavy atom. The predicted molar refractivity (Wildman–Crippen MR) is 238 cm³/mol. The van der Waals surface area contributed by atoms with Gasteiger partial charge in [0.25, 0.3) is 11.8 Å². The van der Waals surface area contributed by atoms with Gasteiger partial charge < -0.3 is 29.8 Å². The maximum Gasteiger partial charge on any atom is 0.257 e. The highest BCUT2D eigenvalue weighted by Gasteiger charge is 2.27. The van der Waals surface area contributed by atoms with Gasteiger partial charge in [0, 0.05) is 33.3 Å². The van der Waals surface area contributed by atoms with Crippen molar-refractivity contribution in [3.63, 3.8) is 0 Å². The molecule has 0 radical (unpaired) electrons. The van der Waals surface area contributed by atoms with Crippen molar-refractivity contribution < 1.29 is 30.3 Å². The molecule has 8 rings (SSSR count). The fourth-order valence-electron chi connectivity index (χ4n) is 7.79. The van der Waals surface area contributed by atoms with E-state index in [9.17, 15) is 9.90 Å². The zero-order chi connectivity index (χ0) is 38.9. The molecule has 2 aromatic carbocycles. The summed E-state index contributed by atoms with van der Waals surface area (Å²) in [7, 11) is 0. The van der Waals surface area contributed by atoms with E-state index in [4.69, 9.17) is 24.7 Å².